The lowest BCUT2D eigenvalue weighted by Crippen LogP contribution is -2.20. The fourth-order valence-corrected chi connectivity index (χ4v) is 1.39. The molecule has 0 spiro atoms. The van der Waals surface area contributed by atoms with Crippen LogP contribution in [0.1, 0.15) is 5.56 Å². The molecule has 0 aliphatic heterocycles. The highest BCUT2D eigenvalue weighted by molar-refractivity contribution is 6.62. The Morgan fingerprint density at radius 2 is 2.20 bits per heavy atom. The summed E-state index contributed by atoms with van der Waals surface area (Å²) in [5.41, 5.74) is 0.828. The Morgan fingerprint density at radius 3 is 2.67 bits per heavy atom. The number of carbonyl (C=O) groups excluding carboxylic acids is 1. The molecule has 0 bridgehead atoms. The average molecular weight is 248 g/mol. The number of amides is 1. The second-order valence-corrected chi connectivity index (χ2v) is 3.80. The van der Waals surface area contributed by atoms with Crippen molar-refractivity contribution in [1.82, 2.24) is 4.90 Å². The molecule has 0 aliphatic rings. The Bertz CT molecular complexity index is 368. The van der Waals surface area contributed by atoms with Gasteiger partial charge in [-0.15, -0.1) is 0 Å². The average Bonchev–Trinajstić information content (AvgIpc) is 2.20. The minimum atomic E-state index is -0.512. The summed E-state index contributed by atoms with van der Waals surface area (Å²) in [5.74, 6) is 0.684. The van der Waals surface area contributed by atoms with Crippen LogP contribution in [0.3, 0.4) is 0 Å². The predicted molar refractivity (Wildman–Crippen MR) is 60.7 cm³/mol. The summed E-state index contributed by atoms with van der Waals surface area (Å²) < 4.78 is 5.01. The number of rotatable bonds is 3. The lowest BCUT2D eigenvalue weighted by atomic mass is 10.2. The van der Waals surface area contributed by atoms with E-state index in [-0.39, 0.29) is 0 Å². The molecule has 0 fully saturated rings. The molecular weight excluding hydrogens is 237 g/mol. The van der Waals surface area contributed by atoms with Gasteiger partial charge in [0, 0.05) is 18.6 Å². The molecule has 0 atom stereocenters. The molecule has 0 saturated heterocycles. The van der Waals surface area contributed by atoms with Crippen molar-refractivity contribution >= 4 is 28.6 Å². The van der Waals surface area contributed by atoms with Crippen LogP contribution in [0.15, 0.2) is 18.2 Å². The second-order valence-electron chi connectivity index (χ2n) is 3.07. The Kier molecular flexibility index (Phi) is 4.24. The molecule has 0 aliphatic carbocycles. The second kappa shape index (κ2) is 5.24. The number of hydrogen-bond acceptors (Lipinski definition) is 2. The Labute approximate surface area is 98.5 Å². The van der Waals surface area contributed by atoms with Crippen LogP contribution < -0.4 is 4.74 Å². The number of methoxy groups -OCH3 is 1. The molecule has 15 heavy (non-hydrogen) atoms. The minimum absolute atomic E-state index is 0.380. The topological polar surface area (TPSA) is 29.5 Å². The molecule has 0 aromatic heterocycles. The molecule has 0 saturated carbocycles. The lowest BCUT2D eigenvalue weighted by molar-refractivity contribution is 0.230. The van der Waals surface area contributed by atoms with Gasteiger partial charge in [0.25, 0.3) is 0 Å². The van der Waals surface area contributed by atoms with Crippen LogP contribution in [0.25, 0.3) is 0 Å². The Hall–Kier alpha value is -0.930. The van der Waals surface area contributed by atoms with Gasteiger partial charge in [-0.1, -0.05) is 17.7 Å². The minimum Gasteiger partial charge on any atom is -0.497 e. The number of benzene rings is 1. The first-order valence-electron chi connectivity index (χ1n) is 4.27. The number of nitrogens with zero attached hydrogens (tertiary/aromatic N) is 1. The van der Waals surface area contributed by atoms with Gasteiger partial charge in [-0.2, -0.15) is 0 Å². The fraction of sp³-hybridized carbons (Fsp3) is 0.300. The third-order valence-electron chi connectivity index (χ3n) is 1.97. The first kappa shape index (κ1) is 12.1. The monoisotopic (exact) mass is 247 g/mol. The smallest absolute Gasteiger partial charge is 0.316 e. The molecule has 82 valence electrons. The van der Waals surface area contributed by atoms with E-state index in [1.54, 1.807) is 32.4 Å². The highest BCUT2D eigenvalue weighted by atomic mass is 35.5. The molecular formula is C10H11Cl2NO2. The number of carbonyl (C=O) groups is 1. The Balaban J connectivity index is 2.82. The van der Waals surface area contributed by atoms with Crippen LogP contribution in [0, 0.1) is 0 Å². The third-order valence-corrected chi connectivity index (χ3v) is 2.61. The lowest BCUT2D eigenvalue weighted by Gasteiger charge is -2.14. The van der Waals surface area contributed by atoms with Gasteiger partial charge in [0.2, 0.25) is 0 Å². The van der Waals surface area contributed by atoms with Crippen molar-refractivity contribution in [3.05, 3.63) is 28.8 Å². The molecule has 0 heterocycles. The van der Waals surface area contributed by atoms with E-state index < -0.39 is 5.37 Å². The van der Waals surface area contributed by atoms with E-state index in [2.05, 4.69) is 0 Å². The Morgan fingerprint density at radius 1 is 1.53 bits per heavy atom. The van der Waals surface area contributed by atoms with Gasteiger partial charge in [0.05, 0.1) is 7.11 Å². The highest BCUT2D eigenvalue weighted by Gasteiger charge is 2.08. The largest absolute Gasteiger partial charge is 0.497 e. The number of halogens is 2. The van der Waals surface area contributed by atoms with Crippen LogP contribution in [0.2, 0.25) is 5.02 Å². The summed E-state index contributed by atoms with van der Waals surface area (Å²) >= 11 is 11.3. The van der Waals surface area contributed by atoms with Crippen molar-refractivity contribution < 1.29 is 9.53 Å². The van der Waals surface area contributed by atoms with Crippen LogP contribution in [0.5, 0.6) is 5.75 Å². The van der Waals surface area contributed by atoms with E-state index >= 15 is 0 Å². The van der Waals surface area contributed by atoms with Gasteiger partial charge < -0.3 is 9.64 Å². The molecule has 1 aromatic rings. The van der Waals surface area contributed by atoms with Gasteiger partial charge >= 0.3 is 5.37 Å². The molecule has 1 aromatic carbocycles. The summed E-state index contributed by atoms with van der Waals surface area (Å²) in [6, 6.07) is 5.29. The third kappa shape index (κ3) is 3.29. The van der Waals surface area contributed by atoms with Crippen LogP contribution in [-0.4, -0.2) is 24.4 Å². The molecule has 3 nitrogen and oxygen atoms in total. The molecule has 5 heteroatoms. The first-order chi connectivity index (χ1) is 7.04. The van der Waals surface area contributed by atoms with Crippen LogP contribution >= 0.6 is 23.2 Å². The molecule has 1 rings (SSSR count). The van der Waals surface area contributed by atoms with Gasteiger partial charge in [-0.25, -0.2) is 0 Å². The predicted octanol–water partition coefficient (Wildman–Crippen LogP) is 3.14. The van der Waals surface area contributed by atoms with Crippen molar-refractivity contribution in [2.45, 2.75) is 6.54 Å². The van der Waals surface area contributed by atoms with Crippen molar-refractivity contribution in [2.75, 3.05) is 14.2 Å². The quantitative estimate of drug-likeness (QED) is 0.607. The number of ether oxygens (including phenoxy) is 1. The van der Waals surface area contributed by atoms with Gasteiger partial charge in [-0.3, -0.25) is 4.79 Å². The van der Waals surface area contributed by atoms with Crippen molar-refractivity contribution in [2.24, 2.45) is 0 Å². The summed E-state index contributed by atoms with van der Waals surface area (Å²) in [7, 11) is 3.18. The molecule has 0 N–H and O–H groups in total. The van der Waals surface area contributed by atoms with Crippen LogP contribution in [-0.2, 0) is 6.54 Å². The zero-order chi connectivity index (χ0) is 11.4. The van der Waals surface area contributed by atoms with E-state index in [0.717, 1.165) is 5.56 Å². The summed E-state index contributed by atoms with van der Waals surface area (Å²) in [6.45, 7) is 0.380. The molecule has 0 unspecified atom stereocenters. The zero-order valence-corrected chi connectivity index (χ0v) is 9.97. The van der Waals surface area contributed by atoms with Crippen molar-refractivity contribution in [3.63, 3.8) is 0 Å². The van der Waals surface area contributed by atoms with Gasteiger partial charge in [0.1, 0.15) is 5.75 Å². The van der Waals surface area contributed by atoms with Crippen molar-refractivity contribution in [3.8, 4) is 5.75 Å². The zero-order valence-electron chi connectivity index (χ0n) is 8.46. The normalized spacial score (nSPS) is 9.87. The maximum absolute atomic E-state index is 10.8. The van der Waals surface area contributed by atoms with Gasteiger partial charge in [0.15, 0.2) is 0 Å². The SMILES string of the molecule is COc1ccc(CN(C)C(=O)Cl)c(Cl)c1. The highest BCUT2D eigenvalue weighted by Crippen LogP contribution is 2.23. The fourth-order valence-electron chi connectivity index (χ4n) is 1.10. The first-order valence-corrected chi connectivity index (χ1v) is 5.03. The molecule has 1 amide bonds. The van der Waals surface area contributed by atoms with Crippen LogP contribution in [0.4, 0.5) is 4.79 Å². The molecule has 0 radical (unpaired) electrons. The maximum Gasteiger partial charge on any atom is 0.316 e. The summed E-state index contributed by atoms with van der Waals surface area (Å²) in [4.78, 5) is 12.2. The van der Waals surface area contributed by atoms with E-state index in [1.165, 1.54) is 4.90 Å². The van der Waals surface area contributed by atoms with E-state index in [9.17, 15) is 4.79 Å². The van der Waals surface area contributed by atoms with Crippen molar-refractivity contribution in [1.29, 1.82) is 0 Å². The summed E-state index contributed by atoms with van der Waals surface area (Å²) in [6.07, 6.45) is 0. The maximum atomic E-state index is 10.8. The van der Waals surface area contributed by atoms with E-state index in [0.29, 0.717) is 17.3 Å². The number of hydrogen-bond donors (Lipinski definition) is 0. The van der Waals surface area contributed by atoms with E-state index in [4.69, 9.17) is 27.9 Å². The van der Waals surface area contributed by atoms with Gasteiger partial charge in [-0.05, 0) is 29.3 Å². The van der Waals surface area contributed by atoms with E-state index in [1.807, 2.05) is 0 Å². The summed E-state index contributed by atoms with van der Waals surface area (Å²) in [5, 5.41) is 0.0426. The standard InChI is InChI=1S/C10H11Cl2NO2/c1-13(10(12)14)6-7-3-4-8(15-2)5-9(7)11/h3-5H,6H2,1-2H3.